The minimum Gasteiger partial charge on any atom is -0.360 e. The number of rotatable bonds is 4. The van der Waals surface area contributed by atoms with E-state index in [0.717, 1.165) is 12.1 Å². The van der Waals surface area contributed by atoms with Crippen LogP contribution < -0.4 is 5.32 Å². The van der Waals surface area contributed by atoms with Gasteiger partial charge in [-0.3, -0.25) is 9.20 Å². The van der Waals surface area contributed by atoms with Crippen LogP contribution in [0.15, 0.2) is 28.9 Å². The van der Waals surface area contributed by atoms with Gasteiger partial charge in [0.2, 0.25) is 0 Å². The van der Waals surface area contributed by atoms with E-state index in [1.165, 1.54) is 0 Å². The standard InChI is InChI=1S/C15H15ClN4O2/c1-3-4-11-14(15(21)18-12-7-9(2)22-19-12)20-8-10(16)5-6-13(20)17-11/h5-8H,3-4H2,1-2H3,(H,18,19,21). The van der Waals surface area contributed by atoms with E-state index in [1.54, 1.807) is 35.7 Å². The van der Waals surface area contributed by atoms with E-state index in [4.69, 9.17) is 16.1 Å². The molecule has 114 valence electrons. The van der Waals surface area contributed by atoms with Gasteiger partial charge in [0.1, 0.15) is 17.1 Å². The number of imidazole rings is 1. The highest BCUT2D eigenvalue weighted by molar-refractivity contribution is 6.30. The largest absolute Gasteiger partial charge is 0.360 e. The Morgan fingerprint density at radius 3 is 2.95 bits per heavy atom. The monoisotopic (exact) mass is 318 g/mol. The van der Waals surface area contributed by atoms with Gasteiger partial charge < -0.3 is 9.84 Å². The molecular weight excluding hydrogens is 304 g/mol. The van der Waals surface area contributed by atoms with Crippen LogP contribution in [0.5, 0.6) is 0 Å². The molecule has 22 heavy (non-hydrogen) atoms. The Morgan fingerprint density at radius 2 is 2.27 bits per heavy atom. The van der Waals surface area contributed by atoms with Gasteiger partial charge >= 0.3 is 0 Å². The van der Waals surface area contributed by atoms with E-state index >= 15 is 0 Å². The second-order valence-electron chi connectivity index (χ2n) is 5.01. The number of anilines is 1. The predicted octanol–water partition coefficient (Wildman–Crippen LogP) is 3.49. The number of carbonyl (C=O) groups is 1. The van der Waals surface area contributed by atoms with E-state index in [2.05, 4.69) is 15.5 Å². The number of carbonyl (C=O) groups excluding carboxylic acids is 1. The van der Waals surface area contributed by atoms with Crippen LogP contribution >= 0.6 is 11.6 Å². The van der Waals surface area contributed by atoms with Crippen LogP contribution in [0.2, 0.25) is 5.02 Å². The van der Waals surface area contributed by atoms with Gasteiger partial charge in [-0.25, -0.2) is 4.98 Å². The Balaban J connectivity index is 2.04. The molecule has 0 spiro atoms. The summed E-state index contributed by atoms with van der Waals surface area (Å²) in [7, 11) is 0. The average molecular weight is 319 g/mol. The van der Waals surface area contributed by atoms with Crippen molar-refractivity contribution in [1.29, 1.82) is 0 Å². The molecule has 3 rings (SSSR count). The number of fused-ring (bicyclic) bond motifs is 1. The summed E-state index contributed by atoms with van der Waals surface area (Å²) in [4.78, 5) is 17.1. The van der Waals surface area contributed by atoms with Crippen molar-refractivity contribution in [2.45, 2.75) is 26.7 Å². The van der Waals surface area contributed by atoms with E-state index in [1.807, 2.05) is 6.92 Å². The molecule has 3 aromatic heterocycles. The first-order valence-corrected chi connectivity index (χ1v) is 7.37. The molecule has 0 aliphatic rings. The van der Waals surface area contributed by atoms with Crippen molar-refractivity contribution in [3.05, 3.63) is 46.6 Å². The average Bonchev–Trinajstić information content (AvgIpc) is 3.02. The van der Waals surface area contributed by atoms with Crippen molar-refractivity contribution < 1.29 is 9.32 Å². The Hall–Kier alpha value is -2.34. The van der Waals surface area contributed by atoms with Gasteiger partial charge in [0.15, 0.2) is 5.82 Å². The third-order valence-electron chi connectivity index (χ3n) is 3.23. The van der Waals surface area contributed by atoms with Gasteiger partial charge in [0.25, 0.3) is 5.91 Å². The Kier molecular flexibility index (Phi) is 3.85. The van der Waals surface area contributed by atoms with E-state index < -0.39 is 0 Å². The zero-order valence-electron chi connectivity index (χ0n) is 12.3. The first kappa shape index (κ1) is 14.6. The Morgan fingerprint density at radius 1 is 1.45 bits per heavy atom. The van der Waals surface area contributed by atoms with Gasteiger partial charge in [-0.2, -0.15) is 0 Å². The van der Waals surface area contributed by atoms with Crippen molar-refractivity contribution in [3.63, 3.8) is 0 Å². The second-order valence-corrected chi connectivity index (χ2v) is 5.45. The minimum absolute atomic E-state index is 0.286. The molecule has 1 N–H and O–H groups in total. The predicted molar refractivity (Wildman–Crippen MR) is 83.4 cm³/mol. The molecule has 0 aromatic carbocycles. The van der Waals surface area contributed by atoms with Crippen molar-refractivity contribution in [3.8, 4) is 0 Å². The lowest BCUT2D eigenvalue weighted by Crippen LogP contribution is -2.16. The summed E-state index contributed by atoms with van der Waals surface area (Å²) in [6.07, 6.45) is 3.28. The van der Waals surface area contributed by atoms with Gasteiger partial charge in [-0.05, 0) is 25.5 Å². The lowest BCUT2D eigenvalue weighted by Gasteiger charge is -2.04. The maximum atomic E-state index is 12.6. The molecule has 1 amide bonds. The highest BCUT2D eigenvalue weighted by Gasteiger charge is 2.20. The number of nitrogens with one attached hydrogen (secondary N) is 1. The molecule has 0 aliphatic carbocycles. The first-order chi connectivity index (χ1) is 10.6. The fraction of sp³-hybridized carbons (Fsp3) is 0.267. The molecule has 6 nitrogen and oxygen atoms in total. The highest BCUT2D eigenvalue weighted by Crippen LogP contribution is 2.19. The van der Waals surface area contributed by atoms with Crippen molar-refractivity contribution >= 4 is 29.0 Å². The molecule has 3 aromatic rings. The first-order valence-electron chi connectivity index (χ1n) is 6.99. The molecular formula is C15H15ClN4O2. The maximum Gasteiger partial charge on any atom is 0.275 e. The number of hydrogen-bond acceptors (Lipinski definition) is 4. The molecule has 0 saturated heterocycles. The molecule has 0 unspecified atom stereocenters. The molecule has 0 atom stereocenters. The number of aryl methyl sites for hydroxylation is 2. The SMILES string of the molecule is CCCc1nc2ccc(Cl)cn2c1C(=O)Nc1cc(C)on1. The Bertz CT molecular complexity index is 837. The number of hydrogen-bond donors (Lipinski definition) is 1. The number of nitrogens with zero attached hydrogens (tertiary/aromatic N) is 3. The molecule has 0 aliphatic heterocycles. The third-order valence-corrected chi connectivity index (χ3v) is 3.45. The fourth-order valence-corrected chi connectivity index (χ4v) is 2.48. The van der Waals surface area contributed by atoms with Crippen LogP contribution in [0.4, 0.5) is 5.82 Å². The number of halogens is 1. The number of aromatic nitrogens is 3. The van der Waals surface area contributed by atoms with Gasteiger partial charge in [-0.1, -0.05) is 30.1 Å². The summed E-state index contributed by atoms with van der Waals surface area (Å²) in [5.74, 6) is 0.721. The molecule has 3 heterocycles. The van der Waals surface area contributed by atoms with Crippen LogP contribution in [-0.2, 0) is 6.42 Å². The quantitative estimate of drug-likeness (QED) is 0.799. The highest BCUT2D eigenvalue weighted by atomic mass is 35.5. The Labute approximate surface area is 132 Å². The number of pyridine rings is 1. The zero-order chi connectivity index (χ0) is 15.7. The summed E-state index contributed by atoms with van der Waals surface area (Å²) < 4.78 is 6.66. The van der Waals surface area contributed by atoms with Gasteiger partial charge in [0, 0.05) is 12.3 Å². The summed E-state index contributed by atoms with van der Waals surface area (Å²) in [5, 5.41) is 7.05. The van der Waals surface area contributed by atoms with Crippen LogP contribution in [0.3, 0.4) is 0 Å². The van der Waals surface area contributed by atoms with Gasteiger partial charge in [-0.15, -0.1) is 0 Å². The molecule has 7 heteroatoms. The fourth-order valence-electron chi connectivity index (χ4n) is 2.32. The maximum absolute atomic E-state index is 12.6. The lowest BCUT2D eigenvalue weighted by molar-refractivity contribution is 0.101. The van der Waals surface area contributed by atoms with Crippen LogP contribution in [0, 0.1) is 6.92 Å². The molecule has 0 saturated carbocycles. The van der Waals surface area contributed by atoms with Crippen molar-refractivity contribution in [2.24, 2.45) is 0 Å². The second kappa shape index (κ2) is 5.81. The summed E-state index contributed by atoms with van der Waals surface area (Å²) in [6.45, 7) is 3.80. The van der Waals surface area contributed by atoms with Crippen LogP contribution in [-0.4, -0.2) is 20.4 Å². The van der Waals surface area contributed by atoms with Gasteiger partial charge in [0.05, 0.1) is 10.7 Å². The minimum atomic E-state index is -0.286. The van der Waals surface area contributed by atoms with Crippen LogP contribution in [0.25, 0.3) is 5.65 Å². The summed E-state index contributed by atoms with van der Waals surface area (Å²) in [6, 6.07) is 5.20. The normalized spacial score (nSPS) is 11.0. The van der Waals surface area contributed by atoms with E-state index in [-0.39, 0.29) is 5.91 Å². The lowest BCUT2D eigenvalue weighted by atomic mass is 10.2. The third kappa shape index (κ3) is 2.69. The molecule has 0 bridgehead atoms. The van der Waals surface area contributed by atoms with E-state index in [0.29, 0.717) is 34.4 Å². The summed E-state index contributed by atoms with van der Waals surface area (Å²) >= 11 is 6.04. The van der Waals surface area contributed by atoms with E-state index in [9.17, 15) is 4.79 Å². The molecule has 0 radical (unpaired) electrons. The zero-order valence-corrected chi connectivity index (χ0v) is 13.0. The summed E-state index contributed by atoms with van der Waals surface area (Å²) in [5.41, 5.74) is 1.90. The van der Waals surface area contributed by atoms with Crippen molar-refractivity contribution in [1.82, 2.24) is 14.5 Å². The van der Waals surface area contributed by atoms with Crippen molar-refractivity contribution in [2.75, 3.05) is 5.32 Å². The van der Waals surface area contributed by atoms with Crippen LogP contribution in [0.1, 0.15) is 35.3 Å². The smallest absolute Gasteiger partial charge is 0.275 e. The topological polar surface area (TPSA) is 72.4 Å². The molecule has 0 fully saturated rings. The number of amides is 1.